The second kappa shape index (κ2) is 8.11. The van der Waals surface area contributed by atoms with Crippen LogP contribution in [0.25, 0.3) is 11.3 Å². The summed E-state index contributed by atoms with van der Waals surface area (Å²) in [6.07, 6.45) is 5.42. The van der Waals surface area contributed by atoms with E-state index in [-0.39, 0.29) is 0 Å². The molecular formula is C23H28FN5O. The molecule has 0 bridgehead atoms. The second-order valence-electron chi connectivity index (χ2n) is 8.40. The van der Waals surface area contributed by atoms with Crippen LogP contribution < -0.4 is 10.5 Å². The van der Waals surface area contributed by atoms with Gasteiger partial charge in [0.05, 0.1) is 37.5 Å². The Bertz CT molecular complexity index is 1010. The summed E-state index contributed by atoms with van der Waals surface area (Å²) in [6, 6.07) is 7.52. The molecule has 2 fully saturated rings. The van der Waals surface area contributed by atoms with Gasteiger partial charge in [0, 0.05) is 30.4 Å². The van der Waals surface area contributed by atoms with E-state index >= 15 is 0 Å². The SMILES string of the molecule is COc1ccc(C#N)cc1-c1nn(CC(=C2CC2)N2CCC(C)(F)C2)cc1CCN. The lowest BCUT2D eigenvalue weighted by Crippen LogP contribution is -2.28. The van der Waals surface area contributed by atoms with Crippen LogP contribution in [0.4, 0.5) is 4.39 Å². The molecule has 1 unspecified atom stereocenters. The molecule has 2 N–H and O–H groups in total. The highest BCUT2D eigenvalue weighted by Gasteiger charge is 2.36. The molecule has 7 heteroatoms. The number of aromatic nitrogens is 2. The summed E-state index contributed by atoms with van der Waals surface area (Å²) in [6.45, 7) is 3.98. The lowest BCUT2D eigenvalue weighted by Gasteiger charge is -2.23. The first-order chi connectivity index (χ1) is 14.4. The number of hydrogen-bond acceptors (Lipinski definition) is 5. The number of halogens is 1. The number of nitrogens with two attached hydrogens (primary N) is 1. The third-order valence-electron chi connectivity index (χ3n) is 5.86. The summed E-state index contributed by atoms with van der Waals surface area (Å²) in [5.41, 5.74) is 10.5. The van der Waals surface area contributed by atoms with Gasteiger partial charge in [-0.05, 0) is 62.1 Å². The first-order valence-corrected chi connectivity index (χ1v) is 10.4. The number of nitriles is 1. The van der Waals surface area contributed by atoms with Crippen LogP contribution in [0.1, 0.15) is 37.3 Å². The minimum Gasteiger partial charge on any atom is -0.496 e. The molecular weight excluding hydrogens is 381 g/mol. The van der Waals surface area contributed by atoms with Gasteiger partial charge < -0.3 is 15.4 Å². The highest BCUT2D eigenvalue weighted by atomic mass is 19.1. The van der Waals surface area contributed by atoms with Crippen molar-refractivity contribution in [2.75, 3.05) is 26.7 Å². The molecule has 1 aromatic heterocycles. The van der Waals surface area contributed by atoms with E-state index in [9.17, 15) is 9.65 Å². The van der Waals surface area contributed by atoms with Crippen molar-refractivity contribution < 1.29 is 9.13 Å². The van der Waals surface area contributed by atoms with Crippen molar-refractivity contribution in [1.82, 2.24) is 14.7 Å². The maximum atomic E-state index is 14.4. The second-order valence-corrected chi connectivity index (χ2v) is 8.40. The lowest BCUT2D eigenvalue weighted by atomic mass is 10.0. The van der Waals surface area contributed by atoms with Gasteiger partial charge in [0.25, 0.3) is 0 Å². The van der Waals surface area contributed by atoms with Crippen LogP contribution in [0.15, 0.2) is 35.7 Å². The normalized spacial score (nSPS) is 20.4. The van der Waals surface area contributed by atoms with E-state index in [0.29, 0.717) is 43.8 Å². The summed E-state index contributed by atoms with van der Waals surface area (Å²) < 4.78 is 21.9. The van der Waals surface area contributed by atoms with E-state index in [1.54, 1.807) is 32.2 Å². The van der Waals surface area contributed by atoms with E-state index in [0.717, 1.165) is 36.2 Å². The molecule has 0 radical (unpaired) electrons. The van der Waals surface area contributed by atoms with Gasteiger partial charge in [-0.2, -0.15) is 10.4 Å². The smallest absolute Gasteiger partial charge is 0.128 e. The van der Waals surface area contributed by atoms with Crippen LogP contribution in [0, 0.1) is 11.3 Å². The van der Waals surface area contributed by atoms with Gasteiger partial charge in [0.2, 0.25) is 0 Å². The molecule has 0 spiro atoms. The highest BCUT2D eigenvalue weighted by Crippen LogP contribution is 2.38. The summed E-state index contributed by atoms with van der Waals surface area (Å²) in [4.78, 5) is 2.18. The molecule has 2 heterocycles. The van der Waals surface area contributed by atoms with Crippen molar-refractivity contribution in [1.29, 1.82) is 5.26 Å². The van der Waals surface area contributed by atoms with Crippen LogP contribution >= 0.6 is 0 Å². The predicted molar refractivity (Wildman–Crippen MR) is 114 cm³/mol. The number of alkyl halides is 1. The first-order valence-electron chi connectivity index (χ1n) is 10.4. The van der Waals surface area contributed by atoms with Crippen molar-refractivity contribution in [3.05, 3.63) is 46.8 Å². The Kier molecular flexibility index (Phi) is 5.52. The number of benzene rings is 1. The molecule has 1 atom stereocenters. The number of allylic oxidation sites excluding steroid dienone is 2. The summed E-state index contributed by atoms with van der Waals surface area (Å²) in [5.74, 6) is 0.672. The van der Waals surface area contributed by atoms with E-state index in [1.807, 2.05) is 10.9 Å². The lowest BCUT2D eigenvalue weighted by molar-refractivity contribution is 0.197. The standard InChI is InChI=1S/C23H28FN5O/c1-23(24)8-10-28(15-23)20(17-4-5-17)14-29-13-18(7-9-25)22(27-29)19-11-16(12-26)3-6-21(19)30-2/h3,6,11,13H,4-5,7-10,14-15,25H2,1-2H3. The largest absolute Gasteiger partial charge is 0.496 e. The molecule has 1 aromatic carbocycles. The molecule has 6 nitrogen and oxygen atoms in total. The Morgan fingerprint density at radius 1 is 1.40 bits per heavy atom. The fourth-order valence-corrected chi connectivity index (χ4v) is 4.17. The fourth-order valence-electron chi connectivity index (χ4n) is 4.17. The Morgan fingerprint density at radius 3 is 2.80 bits per heavy atom. The zero-order valence-electron chi connectivity index (χ0n) is 17.6. The summed E-state index contributed by atoms with van der Waals surface area (Å²) in [5, 5.41) is 14.2. The van der Waals surface area contributed by atoms with Gasteiger partial charge in [-0.15, -0.1) is 0 Å². The van der Waals surface area contributed by atoms with Crippen molar-refractivity contribution in [3.8, 4) is 23.1 Å². The Hall–Kier alpha value is -2.85. The number of nitrogens with zero attached hydrogens (tertiary/aromatic N) is 4. The van der Waals surface area contributed by atoms with E-state index in [2.05, 4.69) is 11.0 Å². The minimum absolute atomic E-state index is 0.438. The maximum Gasteiger partial charge on any atom is 0.128 e. The van der Waals surface area contributed by atoms with Crippen molar-refractivity contribution in [2.45, 2.75) is 44.8 Å². The topological polar surface area (TPSA) is 80.1 Å². The molecule has 30 heavy (non-hydrogen) atoms. The molecule has 0 amide bonds. The molecule has 1 saturated heterocycles. The molecule has 2 aromatic rings. The Labute approximate surface area is 176 Å². The third kappa shape index (κ3) is 4.19. The minimum atomic E-state index is -1.13. The number of likely N-dealkylation sites (tertiary alicyclic amines) is 1. The molecule has 4 rings (SSSR count). The van der Waals surface area contributed by atoms with Crippen LogP contribution in [-0.2, 0) is 13.0 Å². The average molecular weight is 410 g/mol. The third-order valence-corrected chi connectivity index (χ3v) is 5.86. The maximum absolute atomic E-state index is 14.4. The van der Waals surface area contributed by atoms with Gasteiger partial charge in [-0.1, -0.05) is 0 Å². The predicted octanol–water partition coefficient (Wildman–Crippen LogP) is 3.41. The van der Waals surface area contributed by atoms with Gasteiger partial charge in [0.1, 0.15) is 11.4 Å². The van der Waals surface area contributed by atoms with Crippen molar-refractivity contribution in [2.24, 2.45) is 5.73 Å². The van der Waals surface area contributed by atoms with Crippen molar-refractivity contribution in [3.63, 3.8) is 0 Å². The highest BCUT2D eigenvalue weighted by molar-refractivity contribution is 5.71. The summed E-state index contributed by atoms with van der Waals surface area (Å²) >= 11 is 0. The fraction of sp³-hybridized carbons (Fsp3) is 0.478. The Morgan fingerprint density at radius 2 is 2.20 bits per heavy atom. The quantitative estimate of drug-likeness (QED) is 0.758. The van der Waals surface area contributed by atoms with Crippen LogP contribution in [0.2, 0.25) is 0 Å². The molecule has 2 aliphatic rings. The zero-order valence-corrected chi connectivity index (χ0v) is 17.6. The number of hydrogen-bond donors (Lipinski definition) is 1. The Balaban J connectivity index is 1.68. The molecule has 1 saturated carbocycles. The van der Waals surface area contributed by atoms with E-state index in [1.165, 1.54) is 11.3 Å². The molecule has 158 valence electrons. The number of rotatable bonds is 7. The van der Waals surface area contributed by atoms with Gasteiger partial charge in [-0.3, -0.25) is 4.68 Å². The average Bonchev–Trinajstić information content (AvgIpc) is 3.40. The van der Waals surface area contributed by atoms with Crippen LogP contribution in [-0.4, -0.2) is 47.1 Å². The molecule has 1 aliphatic heterocycles. The van der Waals surface area contributed by atoms with Gasteiger partial charge in [-0.25, -0.2) is 4.39 Å². The monoisotopic (exact) mass is 409 g/mol. The molecule has 1 aliphatic carbocycles. The van der Waals surface area contributed by atoms with Gasteiger partial charge >= 0.3 is 0 Å². The van der Waals surface area contributed by atoms with E-state index in [4.69, 9.17) is 15.6 Å². The number of methoxy groups -OCH3 is 1. The van der Waals surface area contributed by atoms with Crippen LogP contribution in [0.3, 0.4) is 0 Å². The van der Waals surface area contributed by atoms with Crippen molar-refractivity contribution >= 4 is 0 Å². The first kappa shape index (κ1) is 20.4. The number of ether oxygens (including phenoxy) is 1. The zero-order chi connectivity index (χ0) is 21.3. The summed E-state index contributed by atoms with van der Waals surface area (Å²) in [7, 11) is 1.61. The van der Waals surface area contributed by atoms with Crippen LogP contribution in [0.5, 0.6) is 5.75 Å². The van der Waals surface area contributed by atoms with Gasteiger partial charge in [0.15, 0.2) is 0 Å². The van der Waals surface area contributed by atoms with E-state index < -0.39 is 5.67 Å².